The van der Waals surface area contributed by atoms with E-state index in [9.17, 15) is 9.59 Å². The Bertz CT molecular complexity index is 926. The number of rotatable bonds is 4. The number of anilines is 1. The summed E-state index contributed by atoms with van der Waals surface area (Å²) in [6.45, 7) is 2.21. The minimum atomic E-state index is -0.143. The lowest BCUT2D eigenvalue weighted by Crippen LogP contribution is -2.42. The maximum Gasteiger partial charge on any atom is 0.271 e. The molecule has 1 N–H and O–H groups in total. The second kappa shape index (κ2) is 9.78. The van der Waals surface area contributed by atoms with E-state index in [1.807, 2.05) is 53.5 Å². The van der Waals surface area contributed by atoms with Crippen molar-refractivity contribution >= 4 is 29.3 Å². The van der Waals surface area contributed by atoms with Crippen LogP contribution in [-0.2, 0) is 14.3 Å². The van der Waals surface area contributed by atoms with E-state index in [-0.39, 0.29) is 33.9 Å². The molecule has 0 aliphatic carbocycles. The molecular weight excluding hydrogens is 394 g/mol. The molecule has 0 atom stereocenters. The van der Waals surface area contributed by atoms with Gasteiger partial charge < -0.3 is 24.8 Å². The van der Waals surface area contributed by atoms with E-state index < -0.39 is 0 Å². The van der Waals surface area contributed by atoms with Gasteiger partial charge in [0.25, 0.3) is 5.91 Å². The lowest BCUT2D eigenvalue weighted by molar-refractivity contribution is -0.131. The topological polar surface area (TPSA) is 77.5 Å². The minimum Gasteiger partial charge on any atom is -0.361 e. The number of amides is 2. The van der Waals surface area contributed by atoms with Crippen LogP contribution in [0.2, 0.25) is 0 Å². The van der Waals surface area contributed by atoms with E-state index in [2.05, 4.69) is 10.3 Å². The zero-order valence-corrected chi connectivity index (χ0v) is 17.4. The molecule has 0 radical (unpaired) electrons. The summed E-state index contributed by atoms with van der Waals surface area (Å²) in [6.07, 6.45) is 5.65. The summed E-state index contributed by atoms with van der Waals surface area (Å²) in [5.41, 5.74) is 4.41. The van der Waals surface area contributed by atoms with Gasteiger partial charge in [-0.05, 0) is 36.1 Å². The van der Waals surface area contributed by atoms with Gasteiger partial charge in [-0.1, -0.05) is 19.6 Å². The van der Waals surface area contributed by atoms with Crippen molar-refractivity contribution in [2.24, 2.45) is 4.99 Å². The van der Waals surface area contributed by atoms with E-state index in [4.69, 9.17) is 4.74 Å². The van der Waals surface area contributed by atoms with Gasteiger partial charge in [0, 0.05) is 45.7 Å². The Kier molecular flexibility index (Phi) is 7.12. The number of nitrogens with one attached hydrogen (secondary N) is 1. The Balaban J connectivity index is 0.00000181. The molecule has 0 bridgehead atoms. The van der Waals surface area contributed by atoms with E-state index in [0.29, 0.717) is 25.5 Å². The first kappa shape index (κ1) is 22.6. The lowest BCUT2D eigenvalue weighted by Gasteiger charge is -2.32. The molecule has 0 saturated heterocycles. The normalized spacial score (nSPS) is 18.8. The van der Waals surface area contributed by atoms with Crippen molar-refractivity contribution in [1.29, 1.82) is 0 Å². The van der Waals surface area contributed by atoms with Crippen LogP contribution in [0.5, 0.6) is 0 Å². The molecule has 8 heteroatoms. The van der Waals surface area contributed by atoms with Gasteiger partial charge in [0.1, 0.15) is 19.1 Å². The number of hydrogen-bond acceptors (Lipinski definition) is 6. The Morgan fingerprint density at radius 3 is 2.77 bits per heavy atom. The smallest absolute Gasteiger partial charge is 0.271 e. The summed E-state index contributed by atoms with van der Waals surface area (Å²) in [7, 11) is 3.70. The number of ether oxygens (including phenoxy) is 1. The number of benzene rings is 1. The molecule has 3 heterocycles. The number of hydrogen-bond donors (Lipinski definition) is 1. The van der Waals surface area contributed by atoms with Crippen LogP contribution in [0.4, 0.5) is 5.69 Å². The SMILES string of the molecule is C.CN1C=C(c2ccc(NC(=O)CN3CCCC4=C3C(=O)N(C)COC4)cc2)C=NC1.[HH]. The van der Waals surface area contributed by atoms with E-state index in [0.717, 1.165) is 35.2 Å². The molecule has 0 unspecified atom stereocenters. The number of allylic oxidation sites excluding steroid dienone is 1. The van der Waals surface area contributed by atoms with Crippen LogP contribution < -0.4 is 5.32 Å². The van der Waals surface area contributed by atoms with Crippen molar-refractivity contribution in [3.63, 3.8) is 0 Å². The minimum absolute atomic E-state index is 0. The molecule has 0 fully saturated rings. The van der Waals surface area contributed by atoms with Gasteiger partial charge in [-0.25, -0.2) is 0 Å². The van der Waals surface area contributed by atoms with Crippen molar-refractivity contribution < 1.29 is 15.8 Å². The molecule has 1 aromatic carbocycles. The number of carbonyl (C=O) groups excluding carboxylic acids is 2. The fourth-order valence-electron chi connectivity index (χ4n) is 3.92. The first-order valence-electron chi connectivity index (χ1n) is 10.1. The maximum atomic E-state index is 12.7. The van der Waals surface area contributed by atoms with Crippen molar-refractivity contribution in [1.82, 2.24) is 14.7 Å². The first-order valence-corrected chi connectivity index (χ1v) is 10.1. The van der Waals surface area contributed by atoms with Crippen molar-refractivity contribution in [2.75, 3.05) is 52.5 Å². The Labute approximate surface area is 185 Å². The highest BCUT2D eigenvalue weighted by molar-refractivity contribution is 6.10. The third-order valence-corrected chi connectivity index (χ3v) is 5.40. The fourth-order valence-corrected chi connectivity index (χ4v) is 3.92. The van der Waals surface area contributed by atoms with Gasteiger partial charge in [-0.15, -0.1) is 0 Å². The number of nitrogens with zero attached hydrogens (tertiary/aromatic N) is 4. The molecule has 2 amide bonds. The second-order valence-electron chi connectivity index (χ2n) is 7.88. The molecule has 4 rings (SSSR count). The van der Waals surface area contributed by atoms with Crippen molar-refractivity contribution in [2.45, 2.75) is 20.3 Å². The molecule has 0 spiro atoms. The second-order valence-corrected chi connectivity index (χ2v) is 7.88. The van der Waals surface area contributed by atoms with Gasteiger partial charge in [0.05, 0.1) is 13.2 Å². The molecule has 3 aliphatic rings. The predicted molar refractivity (Wildman–Crippen MR) is 124 cm³/mol. The van der Waals surface area contributed by atoms with E-state index in [1.165, 1.54) is 0 Å². The van der Waals surface area contributed by atoms with Gasteiger partial charge in [-0.2, -0.15) is 0 Å². The van der Waals surface area contributed by atoms with Gasteiger partial charge in [0.15, 0.2) is 0 Å². The highest BCUT2D eigenvalue weighted by Crippen LogP contribution is 2.26. The standard InChI is InChI=1S/C22H27N5O3.CH4.H2/c1-25-11-18(10-23-14-25)16-5-7-19(8-6-16)24-20(28)12-27-9-3-4-17-13-30-15-26(2)22(29)21(17)27;;/h5-8,10-11H,3-4,9,12-15H2,1-2H3,(H,24,28);1H4;1H. The van der Waals surface area contributed by atoms with Gasteiger partial charge >= 0.3 is 0 Å². The summed E-state index contributed by atoms with van der Waals surface area (Å²) in [4.78, 5) is 35.2. The monoisotopic (exact) mass is 427 g/mol. The predicted octanol–water partition coefficient (Wildman–Crippen LogP) is 2.62. The average Bonchev–Trinajstić information content (AvgIpc) is 2.88. The van der Waals surface area contributed by atoms with Crippen molar-refractivity contribution in [3.8, 4) is 0 Å². The highest BCUT2D eigenvalue weighted by atomic mass is 16.5. The van der Waals surface area contributed by atoms with Crippen LogP contribution in [0.25, 0.3) is 5.57 Å². The molecule has 3 aliphatic heterocycles. The van der Waals surface area contributed by atoms with E-state index >= 15 is 0 Å². The zero-order chi connectivity index (χ0) is 21.1. The fraction of sp³-hybridized carbons (Fsp3) is 0.435. The third-order valence-electron chi connectivity index (χ3n) is 5.40. The van der Waals surface area contributed by atoms with Crippen LogP contribution in [0.3, 0.4) is 0 Å². The summed E-state index contributed by atoms with van der Waals surface area (Å²) in [5.74, 6) is -0.220. The molecule has 31 heavy (non-hydrogen) atoms. The summed E-state index contributed by atoms with van der Waals surface area (Å²) < 4.78 is 5.57. The first-order chi connectivity index (χ1) is 14.5. The van der Waals surface area contributed by atoms with E-state index in [1.54, 1.807) is 11.9 Å². The summed E-state index contributed by atoms with van der Waals surface area (Å²) in [5, 5.41) is 2.94. The van der Waals surface area contributed by atoms with Crippen LogP contribution in [0, 0.1) is 0 Å². The molecule has 168 valence electrons. The Morgan fingerprint density at radius 1 is 1.26 bits per heavy atom. The average molecular weight is 428 g/mol. The Morgan fingerprint density at radius 2 is 2.03 bits per heavy atom. The molecule has 1 aromatic rings. The number of aliphatic imine (C=N–C) groups is 1. The molecule has 8 nitrogen and oxygen atoms in total. The molecule has 0 aromatic heterocycles. The maximum absolute atomic E-state index is 12.7. The number of likely N-dealkylation sites (N-methyl/N-ethyl adjacent to an activating group) is 1. The van der Waals surface area contributed by atoms with Crippen LogP contribution in [0.15, 0.2) is 46.7 Å². The summed E-state index contributed by atoms with van der Waals surface area (Å²) >= 11 is 0. The molecule has 0 saturated carbocycles. The van der Waals surface area contributed by atoms with Crippen molar-refractivity contribution in [3.05, 3.63) is 47.3 Å². The molecular formula is C23H33N5O3. The lowest BCUT2D eigenvalue weighted by atomic mass is 10.0. The van der Waals surface area contributed by atoms with Gasteiger partial charge in [-0.3, -0.25) is 14.6 Å². The largest absolute Gasteiger partial charge is 0.361 e. The zero-order valence-electron chi connectivity index (χ0n) is 17.4. The third kappa shape index (κ3) is 5.14. The highest BCUT2D eigenvalue weighted by Gasteiger charge is 2.31. The van der Waals surface area contributed by atoms with Crippen LogP contribution >= 0.6 is 0 Å². The van der Waals surface area contributed by atoms with Crippen LogP contribution in [0.1, 0.15) is 27.3 Å². The van der Waals surface area contributed by atoms with Gasteiger partial charge in [0.2, 0.25) is 5.91 Å². The summed E-state index contributed by atoms with van der Waals surface area (Å²) in [6, 6.07) is 7.70. The Hall–Kier alpha value is -3.13. The van der Waals surface area contributed by atoms with Crippen LogP contribution in [-0.4, -0.2) is 79.9 Å². The number of carbonyl (C=O) groups is 2. The quantitative estimate of drug-likeness (QED) is 0.799.